The molecule has 1 saturated heterocycles. The smallest absolute Gasteiger partial charge is 0.339 e. The van der Waals surface area contributed by atoms with E-state index in [4.69, 9.17) is 4.74 Å². The molecule has 98 valence electrons. The second kappa shape index (κ2) is 5.40. The summed E-state index contributed by atoms with van der Waals surface area (Å²) >= 11 is 0. The lowest BCUT2D eigenvalue weighted by atomic mass is 9.82. The van der Waals surface area contributed by atoms with E-state index in [-0.39, 0.29) is 5.56 Å². The van der Waals surface area contributed by atoms with Crippen LogP contribution in [0.4, 0.5) is 0 Å². The molecule has 1 aliphatic rings. The molecule has 1 fully saturated rings. The number of carboxylic acid groups (broad SMARTS) is 1. The first-order chi connectivity index (χ1) is 8.63. The molecule has 1 heterocycles. The highest BCUT2D eigenvalue weighted by molar-refractivity contribution is 5.91. The highest BCUT2D eigenvalue weighted by Crippen LogP contribution is 2.32. The van der Waals surface area contributed by atoms with Crippen LogP contribution < -0.4 is 10.1 Å². The monoisotopic (exact) mass is 249 g/mol. The van der Waals surface area contributed by atoms with E-state index in [0.717, 1.165) is 25.1 Å². The van der Waals surface area contributed by atoms with Gasteiger partial charge in [-0.25, -0.2) is 4.79 Å². The summed E-state index contributed by atoms with van der Waals surface area (Å²) in [7, 11) is 1.49. The third-order valence-electron chi connectivity index (χ3n) is 3.67. The van der Waals surface area contributed by atoms with Gasteiger partial charge in [0.2, 0.25) is 0 Å². The fourth-order valence-corrected chi connectivity index (χ4v) is 2.63. The molecule has 2 rings (SSSR count). The van der Waals surface area contributed by atoms with E-state index in [0.29, 0.717) is 17.6 Å². The lowest BCUT2D eigenvalue weighted by molar-refractivity contribution is 0.0693. The second-order valence-electron chi connectivity index (χ2n) is 4.84. The van der Waals surface area contributed by atoms with Crippen molar-refractivity contribution in [1.29, 1.82) is 0 Å². The van der Waals surface area contributed by atoms with Crippen molar-refractivity contribution in [3.8, 4) is 5.75 Å². The lowest BCUT2D eigenvalue weighted by Crippen LogP contribution is -2.33. The fourth-order valence-electron chi connectivity index (χ4n) is 2.63. The number of ether oxygens (including phenoxy) is 1. The SMILES string of the molecule is COc1ccc([C@@H]2CCNC[C@H]2C)cc1C(=O)O. The summed E-state index contributed by atoms with van der Waals surface area (Å²) in [5.74, 6) is 0.437. The summed E-state index contributed by atoms with van der Waals surface area (Å²) in [6.07, 6.45) is 1.05. The van der Waals surface area contributed by atoms with Crippen molar-refractivity contribution in [3.63, 3.8) is 0 Å². The average Bonchev–Trinajstić information content (AvgIpc) is 2.38. The van der Waals surface area contributed by atoms with Crippen LogP contribution in [0.3, 0.4) is 0 Å². The Bertz CT molecular complexity index is 445. The lowest BCUT2D eigenvalue weighted by Gasteiger charge is -2.30. The van der Waals surface area contributed by atoms with Gasteiger partial charge in [0.25, 0.3) is 0 Å². The van der Waals surface area contributed by atoms with Crippen LogP contribution >= 0.6 is 0 Å². The summed E-state index contributed by atoms with van der Waals surface area (Å²) in [5.41, 5.74) is 1.35. The summed E-state index contributed by atoms with van der Waals surface area (Å²) in [4.78, 5) is 11.2. The van der Waals surface area contributed by atoms with Gasteiger partial charge in [-0.15, -0.1) is 0 Å². The summed E-state index contributed by atoms with van der Waals surface area (Å²) in [6.45, 7) is 4.17. The molecule has 0 amide bonds. The van der Waals surface area contributed by atoms with Crippen molar-refractivity contribution in [2.45, 2.75) is 19.3 Å². The van der Waals surface area contributed by atoms with Gasteiger partial charge in [0, 0.05) is 0 Å². The number of carbonyl (C=O) groups is 1. The number of benzene rings is 1. The Morgan fingerprint density at radius 2 is 2.28 bits per heavy atom. The van der Waals surface area contributed by atoms with Gasteiger partial charge in [-0.05, 0) is 49.0 Å². The zero-order chi connectivity index (χ0) is 13.1. The van der Waals surface area contributed by atoms with Crippen LogP contribution in [0, 0.1) is 5.92 Å². The molecule has 1 aromatic carbocycles. The van der Waals surface area contributed by atoms with Crippen molar-refractivity contribution in [2.75, 3.05) is 20.2 Å². The molecule has 0 radical (unpaired) electrons. The van der Waals surface area contributed by atoms with Crippen LogP contribution in [0.25, 0.3) is 0 Å². The molecule has 0 aliphatic carbocycles. The summed E-state index contributed by atoms with van der Waals surface area (Å²) in [5, 5.41) is 12.5. The number of methoxy groups -OCH3 is 1. The van der Waals surface area contributed by atoms with E-state index in [9.17, 15) is 9.90 Å². The molecule has 18 heavy (non-hydrogen) atoms. The highest BCUT2D eigenvalue weighted by Gasteiger charge is 2.24. The summed E-state index contributed by atoms with van der Waals surface area (Å²) < 4.78 is 5.08. The molecule has 2 N–H and O–H groups in total. The molecule has 1 aliphatic heterocycles. The van der Waals surface area contributed by atoms with E-state index < -0.39 is 5.97 Å². The molecular formula is C14H19NO3. The number of nitrogens with one attached hydrogen (secondary N) is 1. The third kappa shape index (κ3) is 2.48. The van der Waals surface area contributed by atoms with Crippen LogP contribution in [0.1, 0.15) is 35.2 Å². The maximum atomic E-state index is 11.2. The molecule has 2 atom stereocenters. The molecule has 0 unspecified atom stereocenters. The van der Waals surface area contributed by atoms with Gasteiger partial charge in [0.15, 0.2) is 0 Å². The van der Waals surface area contributed by atoms with Crippen molar-refractivity contribution in [3.05, 3.63) is 29.3 Å². The minimum Gasteiger partial charge on any atom is -0.496 e. The zero-order valence-corrected chi connectivity index (χ0v) is 10.8. The predicted octanol–water partition coefficient (Wildman–Crippen LogP) is 2.11. The minimum absolute atomic E-state index is 0.251. The second-order valence-corrected chi connectivity index (χ2v) is 4.84. The van der Waals surface area contributed by atoms with Crippen molar-refractivity contribution < 1.29 is 14.6 Å². The molecule has 4 heteroatoms. The Kier molecular flexibility index (Phi) is 3.87. The van der Waals surface area contributed by atoms with E-state index in [2.05, 4.69) is 12.2 Å². The minimum atomic E-state index is -0.935. The van der Waals surface area contributed by atoms with Gasteiger partial charge < -0.3 is 15.2 Å². The van der Waals surface area contributed by atoms with E-state index in [1.54, 1.807) is 12.1 Å². The molecule has 0 spiro atoms. The Hall–Kier alpha value is -1.55. The topological polar surface area (TPSA) is 58.6 Å². The van der Waals surface area contributed by atoms with Gasteiger partial charge in [-0.3, -0.25) is 0 Å². The predicted molar refractivity (Wildman–Crippen MR) is 69.3 cm³/mol. The number of aromatic carboxylic acids is 1. The number of rotatable bonds is 3. The molecule has 4 nitrogen and oxygen atoms in total. The first kappa shape index (κ1) is 12.9. The largest absolute Gasteiger partial charge is 0.496 e. The summed E-state index contributed by atoms with van der Waals surface area (Å²) in [6, 6.07) is 5.50. The number of hydrogen-bond acceptors (Lipinski definition) is 3. The first-order valence-corrected chi connectivity index (χ1v) is 6.25. The fraction of sp³-hybridized carbons (Fsp3) is 0.500. The quantitative estimate of drug-likeness (QED) is 0.861. The van der Waals surface area contributed by atoms with Gasteiger partial charge in [0.1, 0.15) is 11.3 Å². The average molecular weight is 249 g/mol. The molecule has 0 aromatic heterocycles. The first-order valence-electron chi connectivity index (χ1n) is 6.25. The van der Waals surface area contributed by atoms with Crippen molar-refractivity contribution in [2.24, 2.45) is 5.92 Å². The Labute approximate surface area is 107 Å². The van der Waals surface area contributed by atoms with E-state index >= 15 is 0 Å². The van der Waals surface area contributed by atoms with Gasteiger partial charge in [0.05, 0.1) is 7.11 Å². The van der Waals surface area contributed by atoms with Crippen LogP contribution in [0.5, 0.6) is 5.75 Å². The van der Waals surface area contributed by atoms with Gasteiger partial charge in [-0.1, -0.05) is 13.0 Å². The number of carboxylic acids is 1. The van der Waals surface area contributed by atoms with E-state index in [1.165, 1.54) is 7.11 Å². The van der Waals surface area contributed by atoms with Gasteiger partial charge >= 0.3 is 5.97 Å². The third-order valence-corrected chi connectivity index (χ3v) is 3.67. The molecule has 1 aromatic rings. The van der Waals surface area contributed by atoms with Crippen LogP contribution in [-0.4, -0.2) is 31.3 Å². The Morgan fingerprint density at radius 3 is 2.89 bits per heavy atom. The highest BCUT2D eigenvalue weighted by atomic mass is 16.5. The normalized spacial score (nSPS) is 23.7. The molecular weight excluding hydrogens is 230 g/mol. The van der Waals surface area contributed by atoms with Crippen LogP contribution in [0.15, 0.2) is 18.2 Å². The zero-order valence-electron chi connectivity index (χ0n) is 10.8. The maximum absolute atomic E-state index is 11.2. The molecule has 0 bridgehead atoms. The van der Waals surface area contributed by atoms with Crippen LogP contribution in [0.2, 0.25) is 0 Å². The Balaban J connectivity index is 2.33. The standard InChI is InChI=1S/C14H19NO3/c1-9-8-15-6-5-11(9)10-3-4-13(18-2)12(7-10)14(16)17/h3-4,7,9,11,15H,5-6,8H2,1-2H3,(H,16,17)/t9-,11-/m1/s1. The van der Waals surface area contributed by atoms with Crippen LogP contribution in [-0.2, 0) is 0 Å². The maximum Gasteiger partial charge on any atom is 0.339 e. The van der Waals surface area contributed by atoms with Gasteiger partial charge in [-0.2, -0.15) is 0 Å². The van der Waals surface area contributed by atoms with Crippen molar-refractivity contribution >= 4 is 5.97 Å². The van der Waals surface area contributed by atoms with E-state index in [1.807, 2.05) is 6.07 Å². The van der Waals surface area contributed by atoms with Crippen molar-refractivity contribution in [1.82, 2.24) is 5.32 Å². The Morgan fingerprint density at radius 1 is 1.50 bits per heavy atom. The molecule has 0 saturated carbocycles. The number of hydrogen-bond donors (Lipinski definition) is 2. The number of piperidine rings is 1.